The molecule has 27 heavy (non-hydrogen) atoms. The highest BCUT2D eigenvalue weighted by Gasteiger charge is 2.28. The minimum absolute atomic E-state index is 0.0827. The third-order valence-corrected chi connectivity index (χ3v) is 4.95. The molecule has 3 rings (SSSR count). The Kier molecular flexibility index (Phi) is 5.55. The van der Waals surface area contributed by atoms with Crippen molar-refractivity contribution in [2.24, 2.45) is 7.05 Å². The van der Waals surface area contributed by atoms with Gasteiger partial charge in [-0.1, -0.05) is 18.6 Å². The molecule has 8 heteroatoms. The van der Waals surface area contributed by atoms with E-state index in [0.717, 1.165) is 25.8 Å². The predicted molar refractivity (Wildman–Crippen MR) is 97.9 cm³/mol. The van der Waals surface area contributed by atoms with Crippen molar-refractivity contribution in [3.05, 3.63) is 57.5 Å². The summed E-state index contributed by atoms with van der Waals surface area (Å²) in [5, 5.41) is 12.8. The lowest BCUT2D eigenvalue weighted by Crippen LogP contribution is -2.36. The monoisotopic (exact) mass is 374 g/mol. The molecule has 1 amide bonds. The molecular formula is C19H23FN4O3. The van der Waals surface area contributed by atoms with Crippen molar-refractivity contribution < 1.29 is 14.3 Å². The Morgan fingerprint density at radius 1 is 1.30 bits per heavy atom. The number of nitrogens with zero attached hydrogens (tertiary/aromatic N) is 3. The summed E-state index contributed by atoms with van der Waals surface area (Å²) in [7, 11) is 3.50. The van der Waals surface area contributed by atoms with Crippen molar-refractivity contribution in [3.63, 3.8) is 0 Å². The van der Waals surface area contributed by atoms with Gasteiger partial charge in [0, 0.05) is 13.6 Å². The molecule has 1 fully saturated rings. The van der Waals surface area contributed by atoms with Gasteiger partial charge < -0.3 is 10.4 Å². The van der Waals surface area contributed by atoms with E-state index in [1.165, 1.54) is 16.7 Å². The van der Waals surface area contributed by atoms with Crippen LogP contribution in [0.4, 0.5) is 4.39 Å². The molecule has 1 atom stereocenters. The molecule has 0 aliphatic carbocycles. The van der Waals surface area contributed by atoms with E-state index in [-0.39, 0.29) is 24.1 Å². The van der Waals surface area contributed by atoms with Crippen molar-refractivity contribution >= 4 is 5.91 Å². The van der Waals surface area contributed by atoms with Crippen LogP contribution in [0, 0.1) is 5.82 Å². The highest BCUT2D eigenvalue weighted by atomic mass is 19.1. The van der Waals surface area contributed by atoms with Crippen LogP contribution in [-0.4, -0.2) is 39.1 Å². The predicted octanol–water partition coefficient (Wildman–Crippen LogP) is 1.71. The lowest BCUT2D eigenvalue weighted by atomic mass is 10.0. The first kappa shape index (κ1) is 19.0. The van der Waals surface area contributed by atoms with Gasteiger partial charge in [0.2, 0.25) is 5.75 Å². The van der Waals surface area contributed by atoms with E-state index in [4.69, 9.17) is 0 Å². The SMILES string of the molecule is CN1CCCC[C@@H]1c1nc(C(=O)NCc2ccc(F)cc2)c(O)c(=O)n1C. The number of likely N-dealkylation sites (tertiary alicyclic amines) is 1. The topological polar surface area (TPSA) is 87.5 Å². The fraction of sp³-hybridized carbons (Fsp3) is 0.421. The van der Waals surface area contributed by atoms with E-state index in [2.05, 4.69) is 15.2 Å². The van der Waals surface area contributed by atoms with Crippen molar-refractivity contribution in [3.8, 4) is 5.75 Å². The van der Waals surface area contributed by atoms with Crippen molar-refractivity contribution in [2.45, 2.75) is 31.8 Å². The molecule has 1 saturated heterocycles. The molecular weight excluding hydrogens is 351 g/mol. The Morgan fingerprint density at radius 2 is 2.00 bits per heavy atom. The Bertz CT molecular complexity index is 895. The number of rotatable bonds is 4. The number of hydrogen-bond donors (Lipinski definition) is 2. The van der Waals surface area contributed by atoms with E-state index >= 15 is 0 Å². The van der Waals surface area contributed by atoms with Gasteiger partial charge in [0.1, 0.15) is 11.6 Å². The smallest absolute Gasteiger partial charge is 0.296 e. The Hall–Kier alpha value is -2.74. The van der Waals surface area contributed by atoms with Gasteiger partial charge in [-0.2, -0.15) is 0 Å². The maximum absolute atomic E-state index is 13.0. The van der Waals surface area contributed by atoms with Crippen LogP contribution in [0.1, 0.15) is 47.2 Å². The van der Waals surface area contributed by atoms with E-state index in [0.29, 0.717) is 11.4 Å². The first-order chi connectivity index (χ1) is 12.9. The number of carbonyl (C=O) groups excluding carboxylic acids is 1. The molecule has 0 unspecified atom stereocenters. The van der Waals surface area contributed by atoms with Crippen LogP contribution in [-0.2, 0) is 13.6 Å². The summed E-state index contributed by atoms with van der Waals surface area (Å²) in [6.45, 7) is 1.02. The molecule has 1 aromatic heterocycles. The maximum Gasteiger partial charge on any atom is 0.296 e. The standard InChI is InChI=1S/C19H23FN4O3/c1-23-10-4-3-5-14(23)17-22-15(16(25)19(27)24(17)2)18(26)21-11-12-6-8-13(20)9-7-12/h6-9,14,25H,3-5,10-11H2,1-2H3,(H,21,26)/t14-/m1/s1. The zero-order chi connectivity index (χ0) is 19.6. The van der Waals surface area contributed by atoms with Crippen molar-refractivity contribution in [1.29, 1.82) is 0 Å². The number of aromatic hydroxyl groups is 1. The van der Waals surface area contributed by atoms with Gasteiger partial charge in [-0.3, -0.25) is 19.1 Å². The second kappa shape index (κ2) is 7.87. The molecule has 144 valence electrons. The molecule has 2 aromatic rings. The average molecular weight is 374 g/mol. The van der Waals surface area contributed by atoms with Crippen molar-refractivity contribution in [1.82, 2.24) is 19.8 Å². The summed E-state index contributed by atoms with van der Waals surface area (Å²) in [6, 6.07) is 5.62. The second-order valence-electron chi connectivity index (χ2n) is 6.83. The summed E-state index contributed by atoms with van der Waals surface area (Å²) < 4.78 is 14.3. The largest absolute Gasteiger partial charge is 0.501 e. The summed E-state index contributed by atoms with van der Waals surface area (Å²) in [6.07, 6.45) is 2.92. The number of amides is 1. The minimum Gasteiger partial charge on any atom is -0.501 e. The minimum atomic E-state index is -0.670. The van der Waals surface area contributed by atoms with E-state index < -0.39 is 17.2 Å². The molecule has 1 aliphatic rings. The third-order valence-electron chi connectivity index (χ3n) is 4.95. The normalized spacial score (nSPS) is 17.7. The molecule has 0 spiro atoms. The van der Waals surface area contributed by atoms with Gasteiger partial charge in [-0.05, 0) is 44.1 Å². The second-order valence-corrected chi connectivity index (χ2v) is 6.83. The first-order valence-electron chi connectivity index (χ1n) is 8.91. The average Bonchev–Trinajstić information content (AvgIpc) is 2.66. The Morgan fingerprint density at radius 3 is 2.67 bits per heavy atom. The zero-order valence-corrected chi connectivity index (χ0v) is 15.4. The molecule has 0 saturated carbocycles. The molecule has 2 N–H and O–H groups in total. The Labute approximate surface area is 156 Å². The third kappa shape index (κ3) is 4.00. The van der Waals surface area contributed by atoms with Gasteiger partial charge in [0.05, 0.1) is 6.04 Å². The number of halogens is 1. The fourth-order valence-corrected chi connectivity index (χ4v) is 3.33. The van der Waals surface area contributed by atoms with Gasteiger partial charge in [0.25, 0.3) is 11.5 Å². The summed E-state index contributed by atoms with van der Waals surface area (Å²) in [5.74, 6) is -1.21. The number of nitrogens with one attached hydrogen (secondary N) is 1. The fourth-order valence-electron chi connectivity index (χ4n) is 3.33. The number of benzene rings is 1. The van der Waals surface area contributed by atoms with Crippen LogP contribution in [0.5, 0.6) is 5.75 Å². The molecule has 1 aliphatic heterocycles. The van der Waals surface area contributed by atoms with E-state index in [1.807, 2.05) is 7.05 Å². The number of aromatic nitrogens is 2. The zero-order valence-electron chi connectivity index (χ0n) is 15.4. The molecule has 2 heterocycles. The van der Waals surface area contributed by atoms with Crippen LogP contribution in [0.15, 0.2) is 29.1 Å². The van der Waals surface area contributed by atoms with Gasteiger partial charge in [-0.25, -0.2) is 9.37 Å². The lowest BCUT2D eigenvalue weighted by Gasteiger charge is -2.32. The highest BCUT2D eigenvalue weighted by molar-refractivity contribution is 5.94. The van der Waals surface area contributed by atoms with Crippen molar-refractivity contribution in [2.75, 3.05) is 13.6 Å². The summed E-state index contributed by atoms with van der Waals surface area (Å²) in [5.41, 5.74) is -0.236. The van der Waals surface area contributed by atoms with Crippen LogP contribution >= 0.6 is 0 Å². The molecule has 7 nitrogen and oxygen atoms in total. The van der Waals surface area contributed by atoms with Gasteiger partial charge in [0.15, 0.2) is 5.69 Å². The molecule has 1 aromatic carbocycles. The lowest BCUT2D eigenvalue weighted by molar-refractivity contribution is 0.0940. The van der Waals surface area contributed by atoms with E-state index in [1.54, 1.807) is 19.2 Å². The number of carbonyl (C=O) groups is 1. The first-order valence-corrected chi connectivity index (χ1v) is 8.91. The quantitative estimate of drug-likeness (QED) is 0.851. The van der Waals surface area contributed by atoms with Crippen LogP contribution in [0.2, 0.25) is 0 Å². The summed E-state index contributed by atoms with van der Waals surface area (Å²) >= 11 is 0. The van der Waals surface area contributed by atoms with Gasteiger partial charge in [-0.15, -0.1) is 0 Å². The van der Waals surface area contributed by atoms with Crippen LogP contribution in [0.3, 0.4) is 0 Å². The number of hydrogen-bond acceptors (Lipinski definition) is 5. The summed E-state index contributed by atoms with van der Waals surface area (Å²) in [4.78, 5) is 31.4. The molecule has 0 radical (unpaired) electrons. The highest BCUT2D eigenvalue weighted by Crippen LogP contribution is 2.28. The Balaban J connectivity index is 1.86. The number of piperidine rings is 1. The van der Waals surface area contributed by atoms with Crippen LogP contribution in [0.25, 0.3) is 0 Å². The van der Waals surface area contributed by atoms with Gasteiger partial charge >= 0.3 is 0 Å². The van der Waals surface area contributed by atoms with E-state index in [9.17, 15) is 19.1 Å². The van der Waals surface area contributed by atoms with Crippen LogP contribution < -0.4 is 10.9 Å². The molecule has 0 bridgehead atoms. The maximum atomic E-state index is 13.0.